The van der Waals surface area contributed by atoms with Crippen LogP contribution in [0.25, 0.3) is 0 Å². The maximum Gasteiger partial charge on any atom is 0.151 e. The van der Waals surface area contributed by atoms with Gasteiger partial charge in [-0.05, 0) is 6.42 Å². The Labute approximate surface area is 88.8 Å². The molecule has 0 spiro atoms. The van der Waals surface area contributed by atoms with Crippen LogP contribution in [0.4, 0.5) is 0 Å². The van der Waals surface area contributed by atoms with E-state index in [1.165, 1.54) is 0 Å². The van der Waals surface area contributed by atoms with Crippen molar-refractivity contribution in [1.82, 2.24) is 0 Å². The number of hydrogen-bond acceptors (Lipinski definition) is 6. The summed E-state index contributed by atoms with van der Waals surface area (Å²) < 4.78 is 0. The van der Waals surface area contributed by atoms with Gasteiger partial charge in [0.1, 0.15) is 18.3 Å². The summed E-state index contributed by atoms with van der Waals surface area (Å²) in [5, 5.41) is 42.1. The van der Waals surface area contributed by atoms with E-state index in [9.17, 15) is 4.79 Å². The van der Waals surface area contributed by atoms with Gasteiger partial charge in [-0.15, -0.1) is 0 Å². The molecule has 0 saturated carbocycles. The van der Waals surface area contributed by atoms with Crippen molar-refractivity contribution in [3.8, 4) is 0 Å². The van der Waals surface area contributed by atoms with Gasteiger partial charge in [-0.3, -0.25) is 0 Å². The lowest BCUT2D eigenvalue weighted by Gasteiger charge is -2.16. The number of aliphatic hydroxyl groups excluding tert-OH is 5. The van der Waals surface area contributed by atoms with Crippen molar-refractivity contribution in [3.63, 3.8) is 0 Å². The minimum atomic E-state index is -1.64. The summed E-state index contributed by atoms with van der Waals surface area (Å²) in [5.41, 5.74) is 0. The molecule has 6 heteroatoms. The van der Waals surface area contributed by atoms with E-state index in [4.69, 9.17) is 25.5 Å². The largest absolute Gasteiger partial charge is 0.396 e. The van der Waals surface area contributed by atoms with Gasteiger partial charge in [0.05, 0.1) is 6.61 Å². The molecule has 3 atom stereocenters. The topological polar surface area (TPSA) is 118 Å². The average Bonchev–Trinajstić information content (AvgIpc) is 2.27. The highest BCUT2D eigenvalue weighted by molar-refractivity contribution is 5.56. The van der Waals surface area contributed by atoms with Crippen LogP contribution in [-0.2, 0) is 4.79 Å². The van der Waals surface area contributed by atoms with Crippen LogP contribution in [0.5, 0.6) is 0 Å². The van der Waals surface area contributed by atoms with E-state index in [1.54, 1.807) is 0 Å². The molecule has 0 saturated heterocycles. The van der Waals surface area contributed by atoms with Gasteiger partial charge in [0, 0.05) is 6.61 Å². The fraction of sp³-hybridized carbons (Fsp3) is 0.889. The van der Waals surface area contributed by atoms with Crippen LogP contribution in [0.1, 0.15) is 19.8 Å². The number of hydrogen-bond donors (Lipinski definition) is 5. The minimum absolute atomic E-state index is 0.0869. The first-order valence-electron chi connectivity index (χ1n) is 4.76. The van der Waals surface area contributed by atoms with Gasteiger partial charge < -0.3 is 30.3 Å². The van der Waals surface area contributed by atoms with Gasteiger partial charge in [0.2, 0.25) is 0 Å². The molecule has 0 heterocycles. The van der Waals surface area contributed by atoms with Crippen molar-refractivity contribution in [2.75, 3.05) is 13.2 Å². The van der Waals surface area contributed by atoms with Crippen molar-refractivity contribution in [2.24, 2.45) is 0 Å². The van der Waals surface area contributed by atoms with E-state index in [-0.39, 0.29) is 6.29 Å². The zero-order valence-corrected chi connectivity index (χ0v) is 8.78. The Bertz CT molecular complexity index is 139. The molecule has 0 aromatic heterocycles. The highest BCUT2D eigenvalue weighted by Crippen LogP contribution is 1.96. The Balaban J connectivity index is 0. The number of carbonyl (C=O) groups is 1. The molecule has 0 rings (SSSR count). The third-order valence-electron chi connectivity index (χ3n) is 1.58. The smallest absolute Gasteiger partial charge is 0.151 e. The van der Waals surface area contributed by atoms with Crippen LogP contribution in [0.15, 0.2) is 0 Å². The van der Waals surface area contributed by atoms with Crippen molar-refractivity contribution in [3.05, 3.63) is 0 Å². The Morgan fingerprint density at radius 1 is 1.20 bits per heavy atom. The molecule has 5 N–H and O–H groups in total. The lowest BCUT2D eigenvalue weighted by Crippen LogP contribution is -2.40. The number of aliphatic hydroxyl groups is 5. The van der Waals surface area contributed by atoms with Crippen molar-refractivity contribution < 1.29 is 30.3 Å². The lowest BCUT2D eigenvalue weighted by molar-refractivity contribution is -0.127. The van der Waals surface area contributed by atoms with Crippen LogP contribution in [-0.4, -0.2) is 63.3 Å². The molecule has 0 radical (unpaired) electrons. The summed E-state index contributed by atoms with van der Waals surface area (Å²) in [6.07, 6.45) is -2.59. The first kappa shape index (κ1) is 16.9. The van der Waals surface area contributed by atoms with E-state index < -0.39 is 24.9 Å². The second-order valence-electron chi connectivity index (χ2n) is 2.94. The molecular formula is C9H20O6. The van der Waals surface area contributed by atoms with Gasteiger partial charge in [0.15, 0.2) is 6.29 Å². The zero-order chi connectivity index (χ0) is 12.3. The summed E-state index contributed by atoms with van der Waals surface area (Å²) in [7, 11) is 0. The van der Waals surface area contributed by atoms with Crippen molar-refractivity contribution >= 4 is 6.29 Å². The Morgan fingerprint density at radius 2 is 1.73 bits per heavy atom. The fourth-order valence-electron chi connectivity index (χ4n) is 0.574. The Hall–Kier alpha value is -0.530. The monoisotopic (exact) mass is 224 g/mol. The predicted molar refractivity (Wildman–Crippen MR) is 53.2 cm³/mol. The second-order valence-corrected chi connectivity index (χ2v) is 2.94. The molecular weight excluding hydrogens is 204 g/mol. The van der Waals surface area contributed by atoms with E-state index in [2.05, 4.69) is 6.92 Å². The molecule has 0 unspecified atom stereocenters. The van der Waals surface area contributed by atoms with E-state index in [0.717, 1.165) is 12.8 Å². The van der Waals surface area contributed by atoms with E-state index in [1.807, 2.05) is 0 Å². The molecule has 0 fully saturated rings. The summed E-state index contributed by atoms with van der Waals surface area (Å²) in [4.78, 5) is 9.76. The molecule has 0 amide bonds. The van der Waals surface area contributed by atoms with Gasteiger partial charge in [-0.25, -0.2) is 0 Å². The molecule has 92 valence electrons. The van der Waals surface area contributed by atoms with Crippen LogP contribution < -0.4 is 0 Å². The first-order chi connectivity index (χ1) is 7.04. The maximum absolute atomic E-state index is 9.76. The number of rotatable bonds is 6. The molecule has 0 aliphatic carbocycles. The van der Waals surface area contributed by atoms with Gasteiger partial charge in [0.25, 0.3) is 0 Å². The standard InChI is InChI=1S/C5H10O5.C4H10O/c6-1-3(8)5(10)4(9)2-7;1-2-3-4-5/h1,3-5,7-10H,2H2;5H,2-4H2,1H3/t3-,4+,5-;/m0./s1. The molecule has 0 aliphatic rings. The van der Waals surface area contributed by atoms with Gasteiger partial charge >= 0.3 is 0 Å². The fourth-order valence-corrected chi connectivity index (χ4v) is 0.574. The molecule has 0 aromatic carbocycles. The molecule has 15 heavy (non-hydrogen) atoms. The average molecular weight is 224 g/mol. The van der Waals surface area contributed by atoms with Crippen molar-refractivity contribution in [2.45, 2.75) is 38.1 Å². The van der Waals surface area contributed by atoms with Crippen LogP contribution in [0, 0.1) is 0 Å². The molecule has 0 aliphatic heterocycles. The number of unbranched alkanes of at least 4 members (excludes halogenated alkanes) is 1. The molecule has 0 bridgehead atoms. The van der Waals surface area contributed by atoms with Gasteiger partial charge in [-0.2, -0.15) is 0 Å². The van der Waals surface area contributed by atoms with Crippen LogP contribution >= 0.6 is 0 Å². The van der Waals surface area contributed by atoms with Crippen molar-refractivity contribution in [1.29, 1.82) is 0 Å². The highest BCUT2D eigenvalue weighted by Gasteiger charge is 2.22. The summed E-state index contributed by atoms with van der Waals surface area (Å²) in [5.74, 6) is 0. The normalized spacial score (nSPS) is 15.9. The molecule has 6 nitrogen and oxygen atoms in total. The zero-order valence-electron chi connectivity index (χ0n) is 8.78. The second kappa shape index (κ2) is 11.5. The molecule has 0 aromatic rings. The summed E-state index contributed by atoms with van der Waals surface area (Å²) in [6.45, 7) is 1.71. The van der Waals surface area contributed by atoms with E-state index >= 15 is 0 Å². The predicted octanol–water partition coefficient (Wildman–Crippen LogP) is -1.96. The number of carbonyl (C=O) groups excluding carboxylic acids is 1. The third kappa shape index (κ3) is 9.77. The maximum atomic E-state index is 9.76. The SMILES string of the molecule is CCCCO.O=C[C@H](O)[C@H](O)[C@H](O)CO. The van der Waals surface area contributed by atoms with Crippen LogP contribution in [0.3, 0.4) is 0 Å². The highest BCUT2D eigenvalue weighted by atomic mass is 16.4. The summed E-state index contributed by atoms with van der Waals surface area (Å²) >= 11 is 0. The summed E-state index contributed by atoms with van der Waals surface area (Å²) in [6, 6.07) is 0. The lowest BCUT2D eigenvalue weighted by atomic mass is 10.1. The first-order valence-corrected chi connectivity index (χ1v) is 4.76. The number of aldehydes is 1. The van der Waals surface area contributed by atoms with Crippen LogP contribution in [0.2, 0.25) is 0 Å². The van der Waals surface area contributed by atoms with Gasteiger partial charge in [-0.1, -0.05) is 13.3 Å². The Morgan fingerprint density at radius 3 is 1.93 bits per heavy atom. The Kier molecular flexibility index (Phi) is 13.0. The van der Waals surface area contributed by atoms with E-state index in [0.29, 0.717) is 6.61 Å². The minimum Gasteiger partial charge on any atom is -0.396 e. The third-order valence-corrected chi connectivity index (χ3v) is 1.58. The quantitative estimate of drug-likeness (QED) is 0.334.